The summed E-state index contributed by atoms with van der Waals surface area (Å²) in [6.07, 6.45) is 3.74. The van der Waals surface area contributed by atoms with E-state index in [2.05, 4.69) is 9.97 Å². The molecule has 1 amide bonds. The van der Waals surface area contributed by atoms with Crippen molar-refractivity contribution in [2.24, 2.45) is 0 Å². The molecular weight excluding hydrogens is 182 g/mol. The van der Waals surface area contributed by atoms with Gasteiger partial charge in [0.2, 0.25) is 0 Å². The minimum absolute atomic E-state index is 0.188. The second-order valence-corrected chi connectivity index (χ2v) is 3.16. The summed E-state index contributed by atoms with van der Waals surface area (Å²) in [5.74, 6) is -0.188. The van der Waals surface area contributed by atoms with E-state index in [1.54, 1.807) is 14.0 Å². The van der Waals surface area contributed by atoms with Crippen LogP contribution in [0.4, 0.5) is 0 Å². The third kappa shape index (κ3) is 2.77. The summed E-state index contributed by atoms with van der Waals surface area (Å²) in [6, 6.07) is 0. The molecule has 0 spiro atoms. The molecule has 5 nitrogen and oxygen atoms in total. The Hall–Kier alpha value is -1.49. The van der Waals surface area contributed by atoms with E-state index in [1.165, 1.54) is 23.6 Å². The molecule has 1 atom stereocenters. The zero-order valence-electron chi connectivity index (χ0n) is 8.21. The molecule has 0 aliphatic rings. The van der Waals surface area contributed by atoms with Gasteiger partial charge in [-0.1, -0.05) is 0 Å². The van der Waals surface area contributed by atoms with Crippen molar-refractivity contribution in [1.82, 2.24) is 14.9 Å². The molecule has 0 aliphatic carbocycles. The molecular formula is C9H13N3O2. The maximum atomic E-state index is 11.6. The predicted octanol–water partition coefficient (Wildman–Crippen LogP) is -0.0706. The van der Waals surface area contributed by atoms with E-state index in [4.69, 9.17) is 5.11 Å². The molecule has 5 heteroatoms. The van der Waals surface area contributed by atoms with Gasteiger partial charge in [0.05, 0.1) is 11.7 Å². The van der Waals surface area contributed by atoms with Crippen molar-refractivity contribution in [2.45, 2.75) is 13.0 Å². The summed E-state index contributed by atoms with van der Waals surface area (Å²) in [5, 5.41) is 9.09. The number of aromatic nitrogens is 2. The highest BCUT2D eigenvalue weighted by Gasteiger charge is 2.13. The Morgan fingerprint density at radius 2 is 2.14 bits per heavy atom. The number of carbonyl (C=O) groups is 1. The van der Waals surface area contributed by atoms with E-state index >= 15 is 0 Å². The van der Waals surface area contributed by atoms with Crippen LogP contribution in [0.3, 0.4) is 0 Å². The van der Waals surface area contributed by atoms with E-state index in [9.17, 15) is 4.79 Å². The lowest BCUT2D eigenvalue weighted by molar-refractivity contribution is 0.0703. The SMILES string of the molecule is CC(O)CN(C)C(=O)c1cncnc1. The van der Waals surface area contributed by atoms with Crippen LogP contribution in [0, 0.1) is 0 Å². The summed E-state index contributed by atoms with van der Waals surface area (Å²) in [4.78, 5) is 20.5. The van der Waals surface area contributed by atoms with Crippen LogP contribution < -0.4 is 0 Å². The van der Waals surface area contributed by atoms with Gasteiger partial charge in [-0.05, 0) is 6.92 Å². The lowest BCUT2D eigenvalue weighted by Gasteiger charge is -2.18. The first kappa shape index (κ1) is 10.6. The van der Waals surface area contributed by atoms with Gasteiger partial charge in [0.25, 0.3) is 5.91 Å². The summed E-state index contributed by atoms with van der Waals surface area (Å²) in [5.41, 5.74) is 0.427. The molecule has 0 radical (unpaired) electrons. The Morgan fingerprint density at radius 1 is 1.57 bits per heavy atom. The maximum absolute atomic E-state index is 11.6. The van der Waals surface area contributed by atoms with Gasteiger partial charge in [-0.3, -0.25) is 4.79 Å². The molecule has 0 aromatic carbocycles. The third-order valence-electron chi connectivity index (χ3n) is 1.69. The van der Waals surface area contributed by atoms with Gasteiger partial charge in [0.1, 0.15) is 6.33 Å². The van der Waals surface area contributed by atoms with Gasteiger partial charge < -0.3 is 10.0 Å². The van der Waals surface area contributed by atoms with Crippen molar-refractivity contribution < 1.29 is 9.90 Å². The van der Waals surface area contributed by atoms with E-state index in [0.29, 0.717) is 12.1 Å². The number of hydrogen-bond acceptors (Lipinski definition) is 4. The van der Waals surface area contributed by atoms with Crippen molar-refractivity contribution in [3.63, 3.8) is 0 Å². The number of rotatable bonds is 3. The number of likely N-dealkylation sites (N-methyl/N-ethyl adjacent to an activating group) is 1. The molecule has 0 saturated carbocycles. The Balaban J connectivity index is 2.66. The molecule has 0 saturated heterocycles. The molecule has 1 rings (SSSR count). The summed E-state index contributed by atoms with van der Waals surface area (Å²) >= 11 is 0. The minimum Gasteiger partial charge on any atom is -0.392 e. The van der Waals surface area contributed by atoms with E-state index in [-0.39, 0.29) is 5.91 Å². The second kappa shape index (κ2) is 4.66. The Labute approximate surface area is 82.4 Å². The minimum atomic E-state index is -0.534. The first-order valence-electron chi connectivity index (χ1n) is 4.30. The number of carbonyl (C=O) groups excluding carboxylic acids is 1. The van der Waals surface area contributed by atoms with Crippen molar-refractivity contribution in [1.29, 1.82) is 0 Å². The highest BCUT2D eigenvalue weighted by molar-refractivity contribution is 5.93. The standard InChI is InChI=1S/C9H13N3O2/c1-7(13)5-12(2)9(14)8-3-10-6-11-4-8/h3-4,6-7,13H,5H2,1-2H3. The van der Waals surface area contributed by atoms with Crippen LogP contribution in [0.25, 0.3) is 0 Å². The number of nitrogens with zero attached hydrogens (tertiary/aromatic N) is 3. The molecule has 0 fully saturated rings. The molecule has 1 aromatic heterocycles. The molecule has 1 unspecified atom stereocenters. The Kier molecular flexibility index (Phi) is 3.53. The first-order chi connectivity index (χ1) is 6.61. The largest absolute Gasteiger partial charge is 0.392 e. The zero-order chi connectivity index (χ0) is 10.6. The van der Waals surface area contributed by atoms with Crippen molar-refractivity contribution in [3.8, 4) is 0 Å². The van der Waals surface area contributed by atoms with Crippen molar-refractivity contribution in [2.75, 3.05) is 13.6 Å². The highest BCUT2D eigenvalue weighted by atomic mass is 16.3. The Morgan fingerprint density at radius 3 is 2.64 bits per heavy atom. The monoisotopic (exact) mass is 195 g/mol. The molecule has 1 heterocycles. The summed E-state index contributed by atoms with van der Waals surface area (Å²) in [6.45, 7) is 1.93. The summed E-state index contributed by atoms with van der Waals surface area (Å²) < 4.78 is 0. The van der Waals surface area contributed by atoms with Crippen LogP contribution in [-0.2, 0) is 0 Å². The van der Waals surface area contributed by atoms with Crippen LogP contribution in [0.15, 0.2) is 18.7 Å². The maximum Gasteiger partial charge on any atom is 0.256 e. The van der Waals surface area contributed by atoms with E-state index in [0.717, 1.165) is 0 Å². The van der Waals surface area contributed by atoms with Gasteiger partial charge in [-0.25, -0.2) is 9.97 Å². The average molecular weight is 195 g/mol. The molecule has 1 N–H and O–H groups in total. The van der Waals surface area contributed by atoms with E-state index < -0.39 is 6.10 Å². The molecule has 76 valence electrons. The Bertz CT molecular complexity index is 300. The molecule has 0 aliphatic heterocycles. The normalized spacial score (nSPS) is 12.2. The van der Waals surface area contributed by atoms with Crippen molar-refractivity contribution in [3.05, 3.63) is 24.3 Å². The lowest BCUT2D eigenvalue weighted by atomic mass is 10.3. The van der Waals surface area contributed by atoms with Crippen LogP contribution in [-0.4, -0.2) is 45.6 Å². The predicted molar refractivity (Wildman–Crippen MR) is 50.7 cm³/mol. The summed E-state index contributed by atoms with van der Waals surface area (Å²) in [7, 11) is 1.63. The fourth-order valence-corrected chi connectivity index (χ4v) is 1.11. The molecule has 14 heavy (non-hydrogen) atoms. The molecule has 1 aromatic rings. The third-order valence-corrected chi connectivity index (χ3v) is 1.69. The number of aliphatic hydroxyl groups excluding tert-OH is 1. The first-order valence-corrected chi connectivity index (χ1v) is 4.30. The zero-order valence-corrected chi connectivity index (χ0v) is 8.21. The van der Waals surface area contributed by atoms with Gasteiger partial charge in [-0.2, -0.15) is 0 Å². The second-order valence-electron chi connectivity index (χ2n) is 3.16. The molecule has 0 bridgehead atoms. The van der Waals surface area contributed by atoms with Crippen LogP contribution in [0.5, 0.6) is 0 Å². The van der Waals surface area contributed by atoms with Crippen LogP contribution in [0.1, 0.15) is 17.3 Å². The smallest absolute Gasteiger partial charge is 0.256 e. The highest BCUT2D eigenvalue weighted by Crippen LogP contribution is 2.00. The quantitative estimate of drug-likeness (QED) is 0.733. The van der Waals surface area contributed by atoms with Crippen LogP contribution >= 0.6 is 0 Å². The fourth-order valence-electron chi connectivity index (χ4n) is 1.11. The van der Waals surface area contributed by atoms with Gasteiger partial charge in [-0.15, -0.1) is 0 Å². The van der Waals surface area contributed by atoms with E-state index in [1.807, 2.05) is 0 Å². The van der Waals surface area contributed by atoms with Gasteiger partial charge in [0.15, 0.2) is 0 Å². The lowest BCUT2D eigenvalue weighted by Crippen LogP contribution is -2.33. The van der Waals surface area contributed by atoms with Gasteiger partial charge >= 0.3 is 0 Å². The number of hydrogen-bond donors (Lipinski definition) is 1. The van der Waals surface area contributed by atoms with Gasteiger partial charge in [0, 0.05) is 26.0 Å². The average Bonchev–Trinajstić information content (AvgIpc) is 2.17. The topological polar surface area (TPSA) is 66.3 Å². The van der Waals surface area contributed by atoms with Crippen LogP contribution in [0.2, 0.25) is 0 Å². The number of aliphatic hydroxyl groups is 1. The number of amides is 1. The van der Waals surface area contributed by atoms with Crippen molar-refractivity contribution >= 4 is 5.91 Å². The fraction of sp³-hybridized carbons (Fsp3) is 0.444.